The van der Waals surface area contributed by atoms with E-state index in [1.54, 1.807) is 7.11 Å². The molecule has 2 fully saturated rings. The summed E-state index contributed by atoms with van der Waals surface area (Å²) >= 11 is 0. The van der Waals surface area contributed by atoms with Gasteiger partial charge in [-0.25, -0.2) is 4.98 Å². The van der Waals surface area contributed by atoms with Gasteiger partial charge in [-0.1, -0.05) is 19.1 Å². The van der Waals surface area contributed by atoms with Crippen LogP contribution in [0, 0.1) is 17.3 Å². The van der Waals surface area contributed by atoms with Crippen molar-refractivity contribution in [2.75, 3.05) is 7.11 Å². The second kappa shape index (κ2) is 8.90. The van der Waals surface area contributed by atoms with Gasteiger partial charge in [0.1, 0.15) is 6.61 Å². The third kappa shape index (κ3) is 3.65. The van der Waals surface area contributed by atoms with Gasteiger partial charge in [-0.3, -0.25) is 4.98 Å². The number of fused-ring (bicyclic) bond motifs is 6. The molecule has 5 nitrogen and oxygen atoms in total. The van der Waals surface area contributed by atoms with Crippen LogP contribution in [0.3, 0.4) is 0 Å². The minimum atomic E-state index is 0.319. The number of hydrogen-bond donors (Lipinski definition) is 0. The molecule has 190 valence electrons. The number of pyridine rings is 1. The highest BCUT2D eigenvalue weighted by molar-refractivity contribution is 5.75. The van der Waals surface area contributed by atoms with Crippen LogP contribution in [0.2, 0.25) is 0 Å². The van der Waals surface area contributed by atoms with Crippen molar-refractivity contribution in [3.8, 4) is 11.5 Å². The molecule has 2 aromatic carbocycles. The maximum Gasteiger partial charge on any atom is 0.161 e. The summed E-state index contributed by atoms with van der Waals surface area (Å²) in [6.07, 6.45) is 13.2. The number of aryl methyl sites for hydroxylation is 1. The van der Waals surface area contributed by atoms with Crippen molar-refractivity contribution in [3.05, 3.63) is 83.9 Å². The van der Waals surface area contributed by atoms with Crippen molar-refractivity contribution in [1.29, 1.82) is 0 Å². The first-order chi connectivity index (χ1) is 18.2. The van der Waals surface area contributed by atoms with Crippen LogP contribution in [0.15, 0.2) is 67.3 Å². The summed E-state index contributed by atoms with van der Waals surface area (Å²) in [5, 5.41) is 0. The van der Waals surface area contributed by atoms with Crippen molar-refractivity contribution in [1.82, 2.24) is 14.5 Å². The average Bonchev–Trinajstić information content (AvgIpc) is 3.52. The molecular formula is C32H35N3O2. The highest BCUT2D eigenvalue weighted by Gasteiger charge is 2.55. The van der Waals surface area contributed by atoms with Crippen molar-refractivity contribution in [3.63, 3.8) is 0 Å². The number of benzene rings is 2. The monoisotopic (exact) mass is 493 g/mol. The van der Waals surface area contributed by atoms with Crippen LogP contribution in [0.4, 0.5) is 0 Å². The number of nitrogens with zero attached hydrogens (tertiary/aromatic N) is 3. The first-order valence-electron chi connectivity index (χ1n) is 13.8. The van der Waals surface area contributed by atoms with E-state index in [2.05, 4.69) is 59.2 Å². The minimum absolute atomic E-state index is 0.319. The highest BCUT2D eigenvalue weighted by Crippen LogP contribution is 2.64. The van der Waals surface area contributed by atoms with E-state index >= 15 is 0 Å². The summed E-state index contributed by atoms with van der Waals surface area (Å²) in [6.45, 7) is 3.10. The average molecular weight is 494 g/mol. The van der Waals surface area contributed by atoms with Gasteiger partial charge >= 0.3 is 0 Å². The van der Waals surface area contributed by atoms with E-state index in [4.69, 9.17) is 14.5 Å². The molecule has 3 aliphatic rings. The number of aromatic nitrogens is 3. The Balaban J connectivity index is 1.16. The Kier molecular flexibility index (Phi) is 5.49. The Labute approximate surface area is 218 Å². The zero-order valence-electron chi connectivity index (χ0n) is 21.8. The van der Waals surface area contributed by atoms with E-state index in [9.17, 15) is 0 Å². The van der Waals surface area contributed by atoms with E-state index in [0.717, 1.165) is 40.8 Å². The van der Waals surface area contributed by atoms with Crippen LogP contribution < -0.4 is 9.47 Å². The number of hydrogen-bond acceptors (Lipinski definition) is 4. The predicted octanol–water partition coefficient (Wildman–Crippen LogP) is 7.12. The molecule has 0 spiro atoms. The van der Waals surface area contributed by atoms with Gasteiger partial charge < -0.3 is 14.0 Å². The molecule has 5 atom stereocenters. The van der Waals surface area contributed by atoms with Crippen molar-refractivity contribution in [2.45, 2.75) is 64.0 Å². The van der Waals surface area contributed by atoms with Crippen molar-refractivity contribution < 1.29 is 9.47 Å². The van der Waals surface area contributed by atoms with Gasteiger partial charge in [-0.2, -0.15) is 0 Å². The molecule has 37 heavy (non-hydrogen) atoms. The molecule has 0 N–H and O–H groups in total. The summed E-state index contributed by atoms with van der Waals surface area (Å²) in [5.74, 6) is 3.81. The van der Waals surface area contributed by atoms with Gasteiger partial charge in [0.2, 0.25) is 0 Å². The number of imidazole rings is 1. The Morgan fingerprint density at radius 2 is 1.86 bits per heavy atom. The Hall–Kier alpha value is -3.34. The fraction of sp³-hybridized carbons (Fsp3) is 0.438. The van der Waals surface area contributed by atoms with Gasteiger partial charge in [-0.15, -0.1) is 0 Å². The molecule has 4 aromatic rings. The lowest BCUT2D eigenvalue weighted by molar-refractivity contribution is 0.0330. The minimum Gasteiger partial charge on any atom is -0.493 e. The van der Waals surface area contributed by atoms with E-state index in [0.29, 0.717) is 24.0 Å². The fourth-order valence-corrected chi connectivity index (χ4v) is 8.15. The van der Waals surface area contributed by atoms with E-state index in [-0.39, 0.29) is 0 Å². The second-order valence-corrected chi connectivity index (χ2v) is 11.5. The molecule has 2 aromatic heterocycles. The number of para-hydroxylation sites is 2. The summed E-state index contributed by atoms with van der Waals surface area (Å²) < 4.78 is 14.6. The van der Waals surface area contributed by atoms with Gasteiger partial charge in [0, 0.05) is 18.4 Å². The summed E-state index contributed by atoms with van der Waals surface area (Å²) in [5.41, 5.74) is 6.79. The molecule has 1 unspecified atom stereocenters. The lowest BCUT2D eigenvalue weighted by atomic mass is 9.55. The molecule has 2 heterocycles. The zero-order chi connectivity index (χ0) is 25.0. The third-order valence-corrected chi connectivity index (χ3v) is 9.92. The van der Waals surface area contributed by atoms with Crippen LogP contribution in [0.1, 0.15) is 67.7 Å². The molecule has 3 aliphatic carbocycles. The molecule has 0 saturated heterocycles. The maximum absolute atomic E-state index is 6.23. The molecule has 2 saturated carbocycles. The van der Waals surface area contributed by atoms with Gasteiger partial charge in [0.25, 0.3) is 0 Å². The molecule has 0 bridgehead atoms. The third-order valence-electron chi connectivity index (χ3n) is 9.92. The summed E-state index contributed by atoms with van der Waals surface area (Å²) in [4.78, 5) is 8.84. The maximum atomic E-state index is 6.23. The normalized spacial score (nSPS) is 28.4. The lowest BCUT2D eigenvalue weighted by Gasteiger charge is -2.51. The lowest BCUT2D eigenvalue weighted by Crippen LogP contribution is -2.42. The smallest absolute Gasteiger partial charge is 0.161 e. The number of ether oxygens (including phenoxy) is 2. The first kappa shape index (κ1) is 22.8. The van der Waals surface area contributed by atoms with Crippen LogP contribution >= 0.6 is 0 Å². The quantitative estimate of drug-likeness (QED) is 0.297. The standard InChI is InChI=1S/C32H35N3O2/c1-32-14-11-23-24(26(32)9-10-31(32)35-20-34-27-5-3-4-6-28(27)35)8-7-22-17-30(29(36-2)18-25(22)23)37-19-21-12-15-33-16-13-21/h3-6,12-13,15-18,20,23-24,26,31H,7-11,14,19H2,1-2H3/t23-,24+,26-,31?,32-/m0/s1. The highest BCUT2D eigenvalue weighted by atomic mass is 16.5. The van der Waals surface area contributed by atoms with Gasteiger partial charge in [0.15, 0.2) is 11.5 Å². The SMILES string of the molecule is COc1cc2c(cc1OCc1ccncc1)CC[C@@H]1[C@@H]2CC[C@]2(C)C(n3cnc4ccccc43)CC[C@@H]12. The largest absolute Gasteiger partial charge is 0.493 e. The predicted molar refractivity (Wildman–Crippen MR) is 145 cm³/mol. The summed E-state index contributed by atoms with van der Waals surface area (Å²) in [7, 11) is 1.76. The van der Waals surface area contributed by atoms with Crippen LogP contribution in [-0.2, 0) is 13.0 Å². The van der Waals surface area contributed by atoms with Crippen LogP contribution in [0.5, 0.6) is 11.5 Å². The molecule has 0 amide bonds. The van der Waals surface area contributed by atoms with E-state index in [1.807, 2.05) is 24.5 Å². The first-order valence-corrected chi connectivity index (χ1v) is 13.8. The van der Waals surface area contributed by atoms with Gasteiger partial charge in [0.05, 0.1) is 24.5 Å². The van der Waals surface area contributed by atoms with Gasteiger partial charge in [-0.05, 0) is 115 Å². The number of rotatable bonds is 5. The zero-order valence-corrected chi connectivity index (χ0v) is 21.8. The van der Waals surface area contributed by atoms with Crippen molar-refractivity contribution in [2.24, 2.45) is 17.3 Å². The van der Waals surface area contributed by atoms with Crippen LogP contribution in [0.25, 0.3) is 11.0 Å². The Morgan fingerprint density at radius 3 is 2.73 bits per heavy atom. The van der Waals surface area contributed by atoms with Crippen LogP contribution in [-0.4, -0.2) is 21.6 Å². The van der Waals surface area contributed by atoms with Crippen molar-refractivity contribution >= 4 is 11.0 Å². The Bertz CT molecular complexity index is 1430. The molecule has 0 radical (unpaired) electrons. The molecule has 5 heteroatoms. The van der Waals surface area contributed by atoms with E-state index < -0.39 is 0 Å². The summed E-state index contributed by atoms with van der Waals surface area (Å²) in [6, 6.07) is 17.7. The molecular weight excluding hydrogens is 458 g/mol. The molecule has 7 rings (SSSR count). The number of methoxy groups -OCH3 is 1. The topological polar surface area (TPSA) is 49.2 Å². The Morgan fingerprint density at radius 1 is 1.00 bits per heavy atom. The van der Waals surface area contributed by atoms with E-state index in [1.165, 1.54) is 48.7 Å². The molecule has 0 aliphatic heterocycles. The second-order valence-electron chi connectivity index (χ2n) is 11.5. The fourth-order valence-electron chi connectivity index (χ4n) is 8.15.